The zero-order valence-corrected chi connectivity index (χ0v) is 19.1. The molecule has 0 fully saturated rings. The molecule has 0 radical (unpaired) electrons. The third-order valence-corrected chi connectivity index (χ3v) is 7.99. The monoisotopic (exact) mass is 502 g/mol. The topological polar surface area (TPSA) is 75.3 Å². The normalized spacial score (nSPS) is 11.9. The molecular formula is C21H18ClF3N2O3S2. The predicted molar refractivity (Wildman–Crippen MR) is 119 cm³/mol. The minimum absolute atomic E-state index is 0.172. The molecule has 32 heavy (non-hydrogen) atoms. The zero-order valence-electron chi connectivity index (χ0n) is 16.7. The Morgan fingerprint density at radius 3 is 2.44 bits per heavy atom. The summed E-state index contributed by atoms with van der Waals surface area (Å²) in [5.41, 5.74) is -0.108. The molecule has 3 rings (SSSR count). The Morgan fingerprint density at radius 1 is 1.09 bits per heavy atom. The van der Waals surface area contributed by atoms with Crippen molar-refractivity contribution in [1.29, 1.82) is 0 Å². The molecule has 170 valence electrons. The van der Waals surface area contributed by atoms with Crippen LogP contribution in [0.15, 0.2) is 58.8 Å². The quantitative estimate of drug-likeness (QED) is 0.448. The fraction of sp³-hybridized carbons (Fsp3) is 0.190. The number of nitrogens with one attached hydrogen (secondary N) is 2. The van der Waals surface area contributed by atoms with Crippen LogP contribution >= 0.6 is 22.9 Å². The predicted octanol–water partition coefficient (Wildman–Crippen LogP) is 5.50. The Morgan fingerprint density at radius 2 is 1.78 bits per heavy atom. The number of anilines is 1. The van der Waals surface area contributed by atoms with Gasteiger partial charge >= 0.3 is 6.18 Å². The van der Waals surface area contributed by atoms with E-state index in [1.807, 2.05) is 30.3 Å². The van der Waals surface area contributed by atoms with Gasteiger partial charge in [-0.1, -0.05) is 41.9 Å². The van der Waals surface area contributed by atoms with E-state index < -0.39 is 33.4 Å². The number of aryl methyl sites for hydroxylation is 1. The summed E-state index contributed by atoms with van der Waals surface area (Å²) < 4.78 is 66.4. The maximum Gasteiger partial charge on any atom is 0.416 e. The van der Waals surface area contributed by atoms with Crippen LogP contribution in [0.25, 0.3) is 0 Å². The van der Waals surface area contributed by atoms with E-state index in [0.29, 0.717) is 24.6 Å². The van der Waals surface area contributed by atoms with Gasteiger partial charge in [0.05, 0.1) is 21.2 Å². The first-order valence-electron chi connectivity index (χ1n) is 9.29. The van der Waals surface area contributed by atoms with Crippen LogP contribution in [-0.4, -0.2) is 20.9 Å². The Labute approximate surface area is 192 Å². The number of amides is 1. The summed E-state index contributed by atoms with van der Waals surface area (Å²) in [5, 5.41) is 2.55. The number of thiophene rings is 1. The van der Waals surface area contributed by atoms with Crippen molar-refractivity contribution in [3.05, 3.63) is 81.2 Å². The Balaban J connectivity index is 1.75. The van der Waals surface area contributed by atoms with Gasteiger partial charge in [-0.15, -0.1) is 11.3 Å². The van der Waals surface area contributed by atoms with Crippen molar-refractivity contribution in [2.75, 3.05) is 11.3 Å². The first kappa shape index (κ1) is 24.1. The first-order valence-corrected chi connectivity index (χ1v) is 12.0. The summed E-state index contributed by atoms with van der Waals surface area (Å²) in [6.07, 6.45) is -4.05. The molecule has 0 aliphatic rings. The first-order chi connectivity index (χ1) is 15.0. The van der Waals surface area contributed by atoms with Crippen molar-refractivity contribution < 1.29 is 26.4 Å². The van der Waals surface area contributed by atoms with Crippen LogP contribution in [0.5, 0.6) is 0 Å². The summed E-state index contributed by atoms with van der Waals surface area (Å²) in [4.78, 5) is 12.6. The fourth-order valence-electron chi connectivity index (χ4n) is 2.87. The van der Waals surface area contributed by atoms with Crippen molar-refractivity contribution in [3.63, 3.8) is 0 Å². The zero-order chi connectivity index (χ0) is 23.5. The lowest BCUT2D eigenvalue weighted by molar-refractivity contribution is -0.137. The molecule has 3 aromatic rings. The van der Waals surface area contributed by atoms with E-state index >= 15 is 0 Å². The van der Waals surface area contributed by atoms with Crippen LogP contribution in [0.1, 0.15) is 26.4 Å². The molecule has 11 heteroatoms. The molecule has 5 nitrogen and oxygen atoms in total. The number of rotatable bonds is 7. The van der Waals surface area contributed by atoms with E-state index in [9.17, 15) is 26.4 Å². The van der Waals surface area contributed by atoms with Crippen LogP contribution in [-0.2, 0) is 22.6 Å². The van der Waals surface area contributed by atoms with Gasteiger partial charge in [-0.05, 0) is 48.7 Å². The van der Waals surface area contributed by atoms with Crippen molar-refractivity contribution >= 4 is 44.6 Å². The summed E-state index contributed by atoms with van der Waals surface area (Å²) >= 11 is 6.62. The SMILES string of the molecule is Cc1cc(C(=O)NCCc2ccccc2)sc1S(=O)(=O)Nc1cc(C(F)(F)F)ccc1Cl. The summed E-state index contributed by atoms with van der Waals surface area (Å²) in [6, 6.07) is 13.3. The second kappa shape index (κ2) is 9.51. The van der Waals surface area contributed by atoms with Gasteiger partial charge in [0.15, 0.2) is 0 Å². The molecule has 2 aromatic carbocycles. The fourth-order valence-corrected chi connectivity index (χ4v) is 5.78. The van der Waals surface area contributed by atoms with Gasteiger partial charge in [-0.2, -0.15) is 13.2 Å². The maximum absolute atomic E-state index is 13.0. The summed E-state index contributed by atoms with van der Waals surface area (Å²) in [6.45, 7) is 1.86. The number of carbonyl (C=O) groups excluding carboxylic acids is 1. The van der Waals surface area contributed by atoms with Crippen molar-refractivity contribution in [2.24, 2.45) is 0 Å². The van der Waals surface area contributed by atoms with E-state index in [-0.39, 0.29) is 14.1 Å². The second-order valence-corrected chi connectivity index (χ2v) is 10.2. The number of benzene rings is 2. The molecule has 0 atom stereocenters. The Kier molecular flexibility index (Phi) is 7.16. The molecule has 0 aliphatic carbocycles. The molecule has 1 amide bonds. The van der Waals surface area contributed by atoms with Gasteiger partial charge in [0, 0.05) is 6.54 Å². The van der Waals surface area contributed by atoms with Crippen molar-refractivity contribution in [2.45, 2.75) is 23.7 Å². The number of halogens is 4. The lowest BCUT2D eigenvalue weighted by Crippen LogP contribution is -2.24. The number of alkyl halides is 3. The van der Waals surface area contributed by atoms with Gasteiger partial charge in [0.1, 0.15) is 4.21 Å². The number of hydrogen-bond donors (Lipinski definition) is 2. The summed E-state index contributed by atoms with van der Waals surface area (Å²) in [7, 11) is -4.27. The molecule has 0 unspecified atom stereocenters. The van der Waals surface area contributed by atoms with Crippen LogP contribution in [0.4, 0.5) is 18.9 Å². The highest BCUT2D eigenvalue weighted by Crippen LogP contribution is 2.35. The number of hydrogen-bond acceptors (Lipinski definition) is 4. The molecule has 1 aromatic heterocycles. The Bertz CT molecular complexity index is 1230. The standard InChI is InChI=1S/C21H18ClF3N2O3S2/c1-13-11-18(19(28)26-10-9-14-5-3-2-4-6-14)31-20(13)32(29,30)27-17-12-15(21(23,24)25)7-8-16(17)22/h2-8,11-12,27H,9-10H2,1H3,(H,26,28). The lowest BCUT2D eigenvalue weighted by Gasteiger charge is -2.12. The molecule has 0 spiro atoms. The highest BCUT2D eigenvalue weighted by atomic mass is 35.5. The van der Waals surface area contributed by atoms with Crippen LogP contribution in [0, 0.1) is 6.92 Å². The van der Waals surface area contributed by atoms with E-state index in [1.165, 1.54) is 13.0 Å². The largest absolute Gasteiger partial charge is 0.416 e. The highest BCUT2D eigenvalue weighted by Gasteiger charge is 2.32. The van der Waals surface area contributed by atoms with Gasteiger partial charge in [-0.3, -0.25) is 9.52 Å². The minimum Gasteiger partial charge on any atom is -0.351 e. The molecule has 0 bridgehead atoms. The third kappa shape index (κ3) is 5.81. The minimum atomic E-state index is -4.66. The average molecular weight is 503 g/mol. The van der Waals surface area contributed by atoms with Crippen LogP contribution in [0.3, 0.4) is 0 Å². The van der Waals surface area contributed by atoms with Crippen LogP contribution < -0.4 is 10.0 Å². The number of sulfonamides is 1. The average Bonchev–Trinajstić information content (AvgIpc) is 3.12. The van der Waals surface area contributed by atoms with Crippen molar-refractivity contribution in [3.8, 4) is 0 Å². The molecule has 0 aliphatic heterocycles. The van der Waals surface area contributed by atoms with Crippen LogP contribution in [0.2, 0.25) is 5.02 Å². The third-order valence-electron chi connectivity index (χ3n) is 4.42. The lowest BCUT2D eigenvalue weighted by atomic mass is 10.1. The Hall–Kier alpha value is -2.56. The second-order valence-electron chi connectivity index (χ2n) is 6.87. The number of carbonyl (C=O) groups is 1. The van der Waals surface area contributed by atoms with Gasteiger partial charge in [0.2, 0.25) is 0 Å². The molecule has 1 heterocycles. The molecule has 2 N–H and O–H groups in total. The highest BCUT2D eigenvalue weighted by molar-refractivity contribution is 7.94. The van der Waals surface area contributed by atoms with Gasteiger partial charge in [-0.25, -0.2) is 8.42 Å². The van der Waals surface area contributed by atoms with Crippen molar-refractivity contribution in [1.82, 2.24) is 5.32 Å². The molecule has 0 saturated heterocycles. The molecular weight excluding hydrogens is 485 g/mol. The van der Waals surface area contributed by atoms with E-state index in [1.54, 1.807) is 0 Å². The summed E-state index contributed by atoms with van der Waals surface area (Å²) in [5.74, 6) is -0.437. The van der Waals surface area contributed by atoms with E-state index in [2.05, 4.69) is 10.0 Å². The van der Waals surface area contributed by atoms with Gasteiger partial charge in [0.25, 0.3) is 15.9 Å². The molecule has 0 saturated carbocycles. The smallest absolute Gasteiger partial charge is 0.351 e. The van der Waals surface area contributed by atoms with Gasteiger partial charge < -0.3 is 5.32 Å². The maximum atomic E-state index is 13.0. The van der Waals surface area contributed by atoms with E-state index in [0.717, 1.165) is 29.0 Å². The van der Waals surface area contributed by atoms with E-state index in [4.69, 9.17) is 11.6 Å².